The van der Waals surface area contributed by atoms with E-state index in [1.165, 1.54) is 11.9 Å². The summed E-state index contributed by atoms with van der Waals surface area (Å²) in [5.41, 5.74) is 1.26. The fraction of sp³-hybridized carbons (Fsp3) is 0.200. The largest absolute Gasteiger partial charge is 0.354 e. The first-order valence-corrected chi connectivity index (χ1v) is 6.68. The van der Waals surface area contributed by atoms with Crippen LogP contribution in [0.3, 0.4) is 0 Å². The lowest BCUT2D eigenvalue weighted by atomic mass is 10.3. The molecule has 0 spiro atoms. The molecule has 0 fully saturated rings. The second-order valence-electron chi connectivity index (χ2n) is 3.29. The van der Waals surface area contributed by atoms with Crippen molar-refractivity contribution in [2.24, 2.45) is 0 Å². The van der Waals surface area contributed by atoms with E-state index < -0.39 is 0 Å². The van der Waals surface area contributed by atoms with E-state index >= 15 is 0 Å². The highest BCUT2D eigenvalue weighted by Gasteiger charge is 2.11. The standard InChI is InChI=1S/C10H9BrClN3S/c1-15(4-7-2-3-16-5-7)10-8(11)9(12)13-6-14-10/h2-3,5-6H,4H2,1H3. The van der Waals surface area contributed by atoms with Crippen molar-refractivity contribution in [3.63, 3.8) is 0 Å². The van der Waals surface area contributed by atoms with E-state index in [-0.39, 0.29) is 0 Å². The molecule has 0 radical (unpaired) electrons. The number of aromatic nitrogens is 2. The van der Waals surface area contributed by atoms with Gasteiger partial charge in [0.05, 0.1) is 4.47 Å². The molecular weight excluding hydrogens is 310 g/mol. The molecule has 3 nitrogen and oxygen atoms in total. The lowest BCUT2D eigenvalue weighted by Gasteiger charge is -2.18. The molecule has 0 unspecified atom stereocenters. The molecule has 84 valence electrons. The Morgan fingerprint density at radius 3 is 3.00 bits per heavy atom. The summed E-state index contributed by atoms with van der Waals surface area (Å²) >= 11 is 11.0. The molecule has 2 heterocycles. The minimum atomic E-state index is 0.433. The van der Waals surface area contributed by atoms with Crippen LogP contribution in [0.1, 0.15) is 5.56 Å². The van der Waals surface area contributed by atoms with Crippen LogP contribution in [0.15, 0.2) is 27.6 Å². The number of hydrogen-bond donors (Lipinski definition) is 0. The van der Waals surface area contributed by atoms with Crippen molar-refractivity contribution in [2.45, 2.75) is 6.54 Å². The zero-order chi connectivity index (χ0) is 11.5. The van der Waals surface area contributed by atoms with E-state index in [9.17, 15) is 0 Å². The molecule has 0 aromatic carbocycles. The average molecular weight is 319 g/mol. The molecule has 0 aliphatic carbocycles. The average Bonchev–Trinajstić information content (AvgIpc) is 2.74. The fourth-order valence-corrected chi connectivity index (χ4v) is 2.63. The zero-order valence-electron chi connectivity index (χ0n) is 8.52. The van der Waals surface area contributed by atoms with Gasteiger partial charge in [-0.2, -0.15) is 11.3 Å². The van der Waals surface area contributed by atoms with Crippen LogP contribution in [0.4, 0.5) is 5.82 Å². The van der Waals surface area contributed by atoms with E-state index in [0.717, 1.165) is 16.8 Å². The molecule has 0 saturated heterocycles. The Bertz CT molecular complexity index is 475. The van der Waals surface area contributed by atoms with Gasteiger partial charge in [0.1, 0.15) is 17.3 Å². The van der Waals surface area contributed by atoms with Crippen molar-refractivity contribution in [3.05, 3.63) is 38.3 Å². The van der Waals surface area contributed by atoms with E-state index in [0.29, 0.717) is 5.15 Å². The van der Waals surface area contributed by atoms with Gasteiger partial charge in [-0.15, -0.1) is 0 Å². The summed E-state index contributed by atoms with van der Waals surface area (Å²) in [6.07, 6.45) is 1.46. The number of anilines is 1. The molecule has 0 bridgehead atoms. The first-order valence-electron chi connectivity index (χ1n) is 4.56. The first-order chi connectivity index (χ1) is 7.68. The Labute approximate surface area is 111 Å². The topological polar surface area (TPSA) is 29.0 Å². The highest BCUT2D eigenvalue weighted by molar-refractivity contribution is 9.10. The zero-order valence-corrected chi connectivity index (χ0v) is 11.7. The molecule has 0 aliphatic rings. The molecule has 2 rings (SSSR count). The maximum Gasteiger partial charge on any atom is 0.148 e. The van der Waals surface area contributed by atoms with Crippen LogP contribution in [0.25, 0.3) is 0 Å². The Kier molecular flexibility index (Phi) is 3.78. The van der Waals surface area contributed by atoms with Gasteiger partial charge in [-0.3, -0.25) is 0 Å². The number of nitrogens with zero attached hydrogens (tertiary/aromatic N) is 3. The van der Waals surface area contributed by atoms with Gasteiger partial charge in [-0.05, 0) is 38.3 Å². The van der Waals surface area contributed by atoms with Crippen LogP contribution >= 0.6 is 38.9 Å². The minimum absolute atomic E-state index is 0.433. The SMILES string of the molecule is CN(Cc1ccsc1)c1ncnc(Cl)c1Br. The van der Waals surface area contributed by atoms with Gasteiger partial charge in [0.25, 0.3) is 0 Å². The van der Waals surface area contributed by atoms with E-state index in [2.05, 4.69) is 42.7 Å². The smallest absolute Gasteiger partial charge is 0.148 e. The van der Waals surface area contributed by atoms with Gasteiger partial charge in [-0.1, -0.05) is 11.6 Å². The van der Waals surface area contributed by atoms with E-state index in [1.54, 1.807) is 11.3 Å². The van der Waals surface area contributed by atoms with Gasteiger partial charge in [-0.25, -0.2) is 9.97 Å². The van der Waals surface area contributed by atoms with Gasteiger partial charge in [0, 0.05) is 13.6 Å². The lowest BCUT2D eigenvalue weighted by Crippen LogP contribution is -2.18. The monoisotopic (exact) mass is 317 g/mol. The summed E-state index contributed by atoms with van der Waals surface area (Å²) in [5.74, 6) is 0.797. The summed E-state index contributed by atoms with van der Waals surface area (Å²) in [4.78, 5) is 10.1. The highest BCUT2D eigenvalue weighted by Crippen LogP contribution is 2.29. The number of rotatable bonds is 3. The molecule has 0 amide bonds. The third-order valence-electron chi connectivity index (χ3n) is 2.09. The molecule has 6 heteroatoms. The van der Waals surface area contributed by atoms with E-state index in [1.807, 2.05) is 11.9 Å². The Morgan fingerprint density at radius 1 is 1.50 bits per heavy atom. The fourth-order valence-electron chi connectivity index (χ4n) is 1.34. The maximum atomic E-state index is 5.92. The van der Waals surface area contributed by atoms with Gasteiger partial charge in [0.15, 0.2) is 0 Å². The second-order valence-corrected chi connectivity index (χ2v) is 5.22. The number of thiophene rings is 1. The van der Waals surface area contributed by atoms with Crippen molar-refractivity contribution in [1.29, 1.82) is 0 Å². The van der Waals surface area contributed by atoms with Gasteiger partial charge >= 0.3 is 0 Å². The van der Waals surface area contributed by atoms with Gasteiger partial charge < -0.3 is 4.90 Å². The van der Waals surface area contributed by atoms with Crippen LogP contribution in [-0.4, -0.2) is 17.0 Å². The molecule has 0 N–H and O–H groups in total. The third-order valence-corrected chi connectivity index (χ3v) is 4.07. The Hall–Kier alpha value is -0.650. The molecule has 2 aromatic rings. The Morgan fingerprint density at radius 2 is 2.31 bits per heavy atom. The molecule has 16 heavy (non-hydrogen) atoms. The summed E-state index contributed by atoms with van der Waals surface area (Å²) in [6.45, 7) is 0.801. The first kappa shape index (κ1) is 11.8. The second kappa shape index (κ2) is 5.12. The molecule has 2 aromatic heterocycles. The summed E-state index contributed by atoms with van der Waals surface area (Å²) in [6, 6.07) is 2.10. The summed E-state index contributed by atoms with van der Waals surface area (Å²) in [7, 11) is 1.97. The van der Waals surface area contributed by atoms with Crippen molar-refractivity contribution in [3.8, 4) is 0 Å². The third kappa shape index (κ3) is 2.53. The molecule has 0 aliphatic heterocycles. The number of hydrogen-bond acceptors (Lipinski definition) is 4. The van der Waals surface area contributed by atoms with Crippen LogP contribution < -0.4 is 4.90 Å². The number of halogens is 2. The lowest BCUT2D eigenvalue weighted by molar-refractivity contribution is 0.889. The Balaban J connectivity index is 2.21. The quantitative estimate of drug-likeness (QED) is 0.810. The van der Waals surface area contributed by atoms with Crippen molar-refractivity contribution >= 4 is 44.7 Å². The molecule has 0 saturated carbocycles. The summed E-state index contributed by atoms with van der Waals surface area (Å²) < 4.78 is 0.731. The van der Waals surface area contributed by atoms with Crippen molar-refractivity contribution < 1.29 is 0 Å². The molecular formula is C10H9BrClN3S. The van der Waals surface area contributed by atoms with Crippen LogP contribution in [0.2, 0.25) is 5.15 Å². The summed E-state index contributed by atoms with van der Waals surface area (Å²) in [5, 5.41) is 4.61. The minimum Gasteiger partial charge on any atom is -0.354 e. The van der Waals surface area contributed by atoms with E-state index in [4.69, 9.17) is 11.6 Å². The van der Waals surface area contributed by atoms with Crippen LogP contribution in [-0.2, 0) is 6.54 Å². The van der Waals surface area contributed by atoms with Gasteiger partial charge in [0.2, 0.25) is 0 Å². The van der Waals surface area contributed by atoms with Crippen molar-refractivity contribution in [1.82, 2.24) is 9.97 Å². The predicted molar refractivity (Wildman–Crippen MR) is 71.2 cm³/mol. The predicted octanol–water partition coefficient (Wildman–Crippen LogP) is 3.59. The van der Waals surface area contributed by atoms with Crippen molar-refractivity contribution in [2.75, 3.05) is 11.9 Å². The van der Waals surface area contributed by atoms with Crippen LogP contribution in [0.5, 0.6) is 0 Å². The molecule has 0 atom stereocenters. The highest BCUT2D eigenvalue weighted by atomic mass is 79.9. The van der Waals surface area contributed by atoms with Crippen LogP contribution in [0, 0.1) is 0 Å². The maximum absolute atomic E-state index is 5.92. The normalized spacial score (nSPS) is 10.4.